The number of carboxylic acid groups (broad SMARTS) is 1. The molecule has 146 valence electrons. The summed E-state index contributed by atoms with van der Waals surface area (Å²) in [6.45, 7) is 0. The van der Waals surface area contributed by atoms with Crippen molar-refractivity contribution in [3.63, 3.8) is 0 Å². The maximum absolute atomic E-state index is 14.8. The molecule has 2 aliphatic rings. The van der Waals surface area contributed by atoms with Crippen LogP contribution in [0.25, 0.3) is 33.4 Å². The molecule has 1 aliphatic carbocycles. The molecule has 5 nitrogen and oxygen atoms in total. The van der Waals surface area contributed by atoms with Gasteiger partial charge in [0.05, 0.1) is 11.3 Å². The standard InChI is InChI=1S/C20H10F4N2O3/c21-16-14(15(20(27)28)17(22)19(24)18(16)23)13-9-3-1-7(25)5-11(9)29-12-6-8(26)2-4-10(12)13/h1-6,25H,26H2,(H,27,28)/p-1. The normalized spacial score (nSPS) is 11.3. The zero-order valence-corrected chi connectivity index (χ0v) is 14.3. The zero-order chi connectivity index (χ0) is 21.0. The lowest BCUT2D eigenvalue weighted by atomic mass is 9.89. The number of nitrogens with one attached hydrogen (secondary N) is 1. The van der Waals surface area contributed by atoms with Crippen LogP contribution in [-0.4, -0.2) is 5.97 Å². The number of anilines is 1. The number of carboxylic acids is 1. The van der Waals surface area contributed by atoms with Crippen LogP contribution in [0.3, 0.4) is 0 Å². The Morgan fingerprint density at radius 2 is 1.62 bits per heavy atom. The van der Waals surface area contributed by atoms with E-state index in [1.807, 2.05) is 0 Å². The summed E-state index contributed by atoms with van der Waals surface area (Å²) in [6, 6.07) is 7.89. The van der Waals surface area contributed by atoms with Crippen LogP contribution in [0.15, 0.2) is 40.8 Å². The molecule has 0 aromatic heterocycles. The van der Waals surface area contributed by atoms with Gasteiger partial charge in [0.15, 0.2) is 23.3 Å². The minimum atomic E-state index is -2.27. The predicted molar refractivity (Wildman–Crippen MR) is 92.7 cm³/mol. The fraction of sp³-hybridized carbons (Fsp3) is 0. The monoisotopic (exact) mass is 401 g/mol. The molecule has 1 aliphatic heterocycles. The van der Waals surface area contributed by atoms with Gasteiger partial charge in [-0.2, -0.15) is 0 Å². The van der Waals surface area contributed by atoms with E-state index in [0.29, 0.717) is 0 Å². The number of nitrogens with two attached hydrogens (primary N) is 1. The number of carbonyl (C=O) groups is 1. The third-order valence-electron chi connectivity index (χ3n) is 4.47. The van der Waals surface area contributed by atoms with E-state index in [1.54, 1.807) is 0 Å². The fourth-order valence-electron chi connectivity index (χ4n) is 3.23. The average molecular weight is 401 g/mol. The quantitative estimate of drug-likeness (QED) is 0.177. The molecule has 0 unspecified atom stereocenters. The van der Waals surface area contributed by atoms with Crippen molar-refractivity contribution >= 4 is 22.6 Å². The van der Waals surface area contributed by atoms with E-state index >= 15 is 0 Å². The van der Waals surface area contributed by atoms with Crippen LogP contribution in [-0.2, 0) is 0 Å². The summed E-state index contributed by atoms with van der Waals surface area (Å²) >= 11 is 0. The van der Waals surface area contributed by atoms with E-state index in [9.17, 15) is 27.5 Å². The third-order valence-corrected chi connectivity index (χ3v) is 4.47. The number of rotatable bonds is 2. The molecule has 1 heterocycles. The van der Waals surface area contributed by atoms with E-state index < -0.39 is 40.4 Å². The minimum absolute atomic E-state index is 0.000519. The zero-order valence-electron chi connectivity index (χ0n) is 14.3. The summed E-state index contributed by atoms with van der Waals surface area (Å²) < 4.78 is 62.5. The molecule has 0 spiro atoms. The topological polar surface area (TPSA) is 103 Å². The van der Waals surface area contributed by atoms with Gasteiger partial charge in [-0.1, -0.05) is 0 Å². The van der Waals surface area contributed by atoms with Crippen molar-refractivity contribution in [1.29, 1.82) is 5.41 Å². The van der Waals surface area contributed by atoms with Gasteiger partial charge in [0.1, 0.15) is 11.3 Å². The summed E-state index contributed by atoms with van der Waals surface area (Å²) in [7, 11) is 0. The van der Waals surface area contributed by atoms with Gasteiger partial charge in [0.25, 0.3) is 0 Å². The first-order chi connectivity index (χ1) is 13.7. The second kappa shape index (κ2) is 6.33. The van der Waals surface area contributed by atoms with Gasteiger partial charge in [-0.15, -0.1) is 0 Å². The second-order valence-corrected chi connectivity index (χ2v) is 6.24. The lowest BCUT2D eigenvalue weighted by Gasteiger charge is -2.20. The van der Waals surface area contributed by atoms with Crippen molar-refractivity contribution in [3.05, 3.63) is 70.6 Å². The van der Waals surface area contributed by atoms with Crippen molar-refractivity contribution in [2.75, 3.05) is 5.73 Å². The Balaban J connectivity index is 2.31. The number of fused-ring (bicyclic) bond motifs is 2. The van der Waals surface area contributed by atoms with Gasteiger partial charge in [-0.3, -0.25) is 0 Å². The van der Waals surface area contributed by atoms with Crippen LogP contribution in [0.2, 0.25) is 0 Å². The van der Waals surface area contributed by atoms with Crippen LogP contribution in [0.5, 0.6) is 0 Å². The van der Waals surface area contributed by atoms with Crippen LogP contribution in [0, 0.1) is 28.7 Å². The Kier molecular flexibility index (Phi) is 4.04. The van der Waals surface area contributed by atoms with Crippen LogP contribution in [0.4, 0.5) is 23.2 Å². The number of hydrogen-bond donors (Lipinski definition) is 2. The smallest absolute Gasteiger partial charge is 0.198 e. The number of nitrogen functional groups attached to an aromatic ring is 1. The van der Waals surface area contributed by atoms with Gasteiger partial charge >= 0.3 is 0 Å². The van der Waals surface area contributed by atoms with Crippen molar-refractivity contribution in [2.24, 2.45) is 0 Å². The molecule has 2 aromatic carbocycles. The molecule has 0 radical (unpaired) electrons. The molecule has 0 saturated carbocycles. The highest BCUT2D eigenvalue weighted by molar-refractivity contribution is 6.07. The van der Waals surface area contributed by atoms with E-state index in [2.05, 4.69) is 0 Å². The number of aromatic carboxylic acids is 1. The summed E-state index contributed by atoms with van der Waals surface area (Å²) in [4.78, 5) is 11.5. The molecule has 3 N–H and O–H groups in total. The lowest BCUT2D eigenvalue weighted by Crippen LogP contribution is -2.26. The minimum Gasteiger partial charge on any atom is -0.545 e. The first kappa shape index (κ1) is 18.5. The summed E-state index contributed by atoms with van der Waals surface area (Å²) in [6.07, 6.45) is 0. The van der Waals surface area contributed by atoms with Crippen molar-refractivity contribution in [1.82, 2.24) is 0 Å². The second-order valence-electron chi connectivity index (χ2n) is 6.24. The molecule has 0 saturated heterocycles. The highest BCUT2D eigenvalue weighted by Crippen LogP contribution is 2.43. The van der Waals surface area contributed by atoms with Gasteiger partial charge in [-0.05, 0) is 24.3 Å². The van der Waals surface area contributed by atoms with Crippen LogP contribution in [0.1, 0.15) is 10.4 Å². The molecule has 2 aromatic rings. The highest BCUT2D eigenvalue weighted by atomic mass is 19.2. The largest absolute Gasteiger partial charge is 0.545 e. The Bertz CT molecular complexity index is 1360. The number of hydrogen-bond acceptors (Lipinski definition) is 5. The Morgan fingerprint density at radius 1 is 0.931 bits per heavy atom. The third kappa shape index (κ3) is 2.70. The molecule has 9 heteroatoms. The van der Waals surface area contributed by atoms with Gasteiger partial charge in [0.2, 0.25) is 0 Å². The maximum Gasteiger partial charge on any atom is 0.198 e. The number of halogens is 4. The SMILES string of the molecule is N=c1ccc2c(-c3c(F)c(F)c(F)c(F)c3C(=O)[O-])c3ccc(N)cc3oc-2c1. The van der Waals surface area contributed by atoms with Crippen LogP contribution < -0.4 is 16.2 Å². The highest BCUT2D eigenvalue weighted by Gasteiger charge is 2.30. The summed E-state index contributed by atoms with van der Waals surface area (Å²) in [5, 5.41) is 19.3. The first-order valence-electron chi connectivity index (χ1n) is 8.09. The van der Waals surface area contributed by atoms with E-state index in [1.165, 1.54) is 36.4 Å². The Hall–Kier alpha value is -3.88. The van der Waals surface area contributed by atoms with E-state index in [-0.39, 0.29) is 38.9 Å². The van der Waals surface area contributed by atoms with Gasteiger partial charge in [-0.25, -0.2) is 17.6 Å². The molecule has 0 fully saturated rings. The van der Waals surface area contributed by atoms with Crippen molar-refractivity contribution in [2.45, 2.75) is 0 Å². The molecular formula is C20H9F4N2O3-. The summed E-state index contributed by atoms with van der Waals surface area (Å²) in [5.41, 5.74) is 3.27. The Labute approximate surface area is 159 Å². The van der Waals surface area contributed by atoms with Crippen molar-refractivity contribution in [3.8, 4) is 22.5 Å². The first-order valence-corrected chi connectivity index (χ1v) is 8.09. The predicted octanol–water partition coefficient (Wildman–Crippen LogP) is 3.19. The molecule has 4 rings (SSSR count). The Morgan fingerprint density at radius 3 is 2.31 bits per heavy atom. The molecular weight excluding hydrogens is 392 g/mol. The fourth-order valence-corrected chi connectivity index (χ4v) is 3.23. The lowest BCUT2D eigenvalue weighted by molar-refractivity contribution is -0.255. The molecule has 0 amide bonds. The van der Waals surface area contributed by atoms with Crippen molar-refractivity contribution < 1.29 is 31.9 Å². The van der Waals surface area contributed by atoms with Gasteiger partial charge < -0.3 is 25.5 Å². The molecule has 29 heavy (non-hydrogen) atoms. The average Bonchev–Trinajstić information content (AvgIpc) is 2.66. The van der Waals surface area contributed by atoms with Crippen LogP contribution >= 0.6 is 0 Å². The molecule has 0 atom stereocenters. The van der Waals surface area contributed by atoms with E-state index in [4.69, 9.17) is 15.6 Å². The number of carbonyl (C=O) groups excluding carboxylic acids is 1. The van der Waals surface area contributed by atoms with Gasteiger partial charge in [0, 0.05) is 45.5 Å². The molecule has 0 bridgehead atoms. The number of benzene rings is 3. The summed E-state index contributed by atoms with van der Waals surface area (Å²) in [5.74, 6) is -10.7. The van der Waals surface area contributed by atoms with E-state index in [0.717, 1.165) is 0 Å². The maximum atomic E-state index is 14.8.